The van der Waals surface area contributed by atoms with Crippen molar-refractivity contribution < 1.29 is 23.2 Å². The van der Waals surface area contributed by atoms with Crippen molar-refractivity contribution >= 4 is 22.7 Å². The zero-order chi connectivity index (χ0) is 24.1. The van der Waals surface area contributed by atoms with Crippen molar-refractivity contribution in [3.63, 3.8) is 0 Å². The maximum atomic E-state index is 14.4. The summed E-state index contributed by atoms with van der Waals surface area (Å²) in [6, 6.07) is 6.73. The van der Waals surface area contributed by atoms with Crippen LogP contribution in [0, 0.1) is 5.82 Å². The number of rotatable bonds is 8. The number of amides is 2. The number of benzene rings is 1. The molecule has 0 aliphatic carbocycles. The summed E-state index contributed by atoms with van der Waals surface area (Å²) in [6.45, 7) is 5.59. The first kappa shape index (κ1) is 24.3. The average Bonchev–Trinajstić information content (AvgIpc) is 3.22. The Bertz CT molecular complexity index is 1170. The molecule has 0 aliphatic rings. The third-order valence-corrected chi connectivity index (χ3v) is 5.66. The molecule has 11 heteroatoms. The van der Waals surface area contributed by atoms with Crippen LogP contribution >= 0.6 is 0 Å². The molecule has 2 unspecified atom stereocenters. The molecule has 3 N–H and O–H groups in total. The van der Waals surface area contributed by atoms with Gasteiger partial charge in [-0.1, -0.05) is 13.8 Å². The van der Waals surface area contributed by atoms with Crippen molar-refractivity contribution in [3.05, 3.63) is 54.1 Å². The van der Waals surface area contributed by atoms with Crippen molar-refractivity contribution in [1.82, 2.24) is 19.5 Å². The number of urea groups is 1. The van der Waals surface area contributed by atoms with Crippen LogP contribution in [0.5, 0.6) is 5.88 Å². The summed E-state index contributed by atoms with van der Waals surface area (Å²) in [5.41, 5.74) is 1.98. The van der Waals surface area contributed by atoms with Crippen LogP contribution in [0.1, 0.15) is 32.3 Å². The molecule has 0 aliphatic heterocycles. The van der Waals surface area contributed by atoms with E-state index in [1.807, 2.05) is 13.8 Å². The van der Waals surface area contributed by atoms with Crippen LogP contribution in [-0.2, 0) is 17.5 Å². The number of hydrogen-bond donors (Lipinski definition) is 3. The molecule has 0 spiro atoms. The summed E-state index contributed by atoms with van der Waals surface area (Å²) in [5, 5.41) is 16.4. The van der Waals surface area contributed by atoms with Crippen LogP contribution in [0.2, 0.25) is 0 Å². The fourth-order valence-corrected chi connectivity index (χ4v) is 3.92. The molecular formula is C22H26FN5O4S. The highest BCUT2D eigenvalue weighted by molar-refractivity contribution is 7.83. The maximum absolute atomic E-state index is 14.4. The lowest BCUT2D eigenvalue weighted by atomic mass is 9.94. The van der Waals surface area contributed by atoms with Crippen molar-refractivity contribution in [2.24, 2.45) is 0 Å². The molecule has 9 nitrogen and oxygen atoms in total. The number of anilines is 1. The summed E-state index contributed by atoms with van der Waals surface area (Å²) >= 11 is 0. The molecule has 3 rings (SSSR count). The van der Waals surface area contributed by atoms with E-state index in [1.165, 1.54) is 36.2 Å². The molecule has 2 amide bonds. The maximum Gasteiger partial charge on any atom is 0.331 e. The van der Waals surface area contributed by atoms with E-state index in [4.69, 9.17) is 4.74 Å². The van der Waals surface area contributed by atoms with Gasteiger partial charge in [-0.05, 0) is 48.2 Å². The van der Waals surface area contributed by atoms with Gasteiger partial charge < -0.3 is 15.2 Å². The molecule has 2 atom stereocenters. The van der Waals surface area contributed by atoms with Crippen LogP contribution in [0.4, 0.5) is 14.9 Å². The minimum atomic E-state index is -1.94. The van der Waals surface area contributed by atoms with Gasteiger partial charge in [-0.3, -0.25) is 9.40 Å². The van der Waals surface area contributed by atoms with Gasteiger partial charge in [-0.2, -0.15) is 5.10 Å². The van der Waals surface area contributed by atoms with Crippen LogP contribution < -0.4 is 14.8 Å². The van der Waals surface area contributed by atoms with Crippen LogP contribution in [0.25, 0.3) is 11.1 Å². The Labute approximate surface area is 193 Å². The molecule has 0 radical (unpaired) electrons. The van der Waals surface area contributed by atoms with Gasteiger partial charge >= 0.3 is 6.03 Å². The van der Waals surface area contributed by atoms with Crippen molar-refractivity contribution in [2.45, 2.75) is 44.4 Å². The summed E-state index contributed by atoms with van der Waals surface area (Å²) in [4.78, 5) is 16.8. The Kier molecular flexibility index (Phi) is 7.77. The number of halogens is 1. The van der Waals surface area contributed by atoms with Gasteiger partial charge in [0.15, 0.2) is 16.0 Å². The standard InChI is InChI=1S/C22H26FN5O4S/c1-13(2)17-10-16(23)11-18(15-5-7-24-19(9-15)32-4)21(17)25-22(30)27-33(31)20-6-8-28(26-20)12-14(3)29/h5-11,13-14,29H,12H2,1-4H3,(H2,25,27,30). The lowest BCUT2D eigenvalue weighted by Crippen LogP contribution is -2.31. The predicted molar refractivity (Wildman–Crippen MR) is 123 cm³/mol. The number of carbonyl (C=O) groups excluding carboxylic acids is 1. The number of hydrogen-bond acceptors (Lipinski definition) is 6. The number of pyridine rings is 1. The minimum Gasteiger partial charge on any atom is -0.481 e. The number of nitrogens with one attached hydrogen (secondary N) is 2. The zero-order valence-corrected chi connectivity index (χ0v) is 19.5. The van der Waals surface area contributed by atoms with E-state index in [2.05, 4.69) is 20.1 Å². The number of nitrogens with zero attached hydrogens (tertiary/aromatic N) is 3. The van der Waals surface area contributed by atoms with E-state index in [-0.39, 0.29) is 17.5 Å². The minimum absolute atomic E-state index is 0.111. The fourth-order valence-electron chi connectivity index (χ4n) is 3.23. The van der Waals surface area contributed by atoms with E-state index < -0.39 is 28.9 Å². The molecule has 0 saturated carbocycles. The Balaban J connectivity index is 1.89. The number of methoxy groups -OCH3 is 1. The molecular weight excluding hydrogens is 449 g/mol. The SMILES string of the molecule is COc1cc(-c2cc(F)cc(C(C)C)c2NC(=O)NS(=O)c2ccn(CC(C)O)n2)ccn1. The Morgan fingerprint density at radius 1 is 1.27 bits per heavy atom. The van der Waals surface area contributed by atoms with Gasteiger partial charge in [-0.15, -0.1) is 0 Å². The van der Waals surface area contributed by atoms with Crippen molar-refractivity contribution in [1.29, 1.82) is 0 Å². The number of aromatic nitrogens is 3. The molecule has 0 saturated heterocycles. The quantitative estimate of drug-likeness (QED) is 0.459. The summed E-state index contributed by atoms with van der Waals surface area (Å²) in [6.07, 6.45) is 2.46. The molecule has 0 bridgehead atoms. The molecule has 2 heterocycles. The third kappa shape index (κ3) is 6.14. The third-order valence-electron chi connectivity index (χ3n) is 4.69. The van der Waals surface area contributed by atoms with Gasteiger partial charge in [0.1, 0.15) is 5.82 Å². The van der Waals surface area contributed by atoms with Gasteiger partial charge in [0, 0.05) is 24.0 Å². The highest BCUT2D eigenvalue weighted by Crippen LogP contribution is 2.36. The van der Waals surface area contributed by atoms with Gasteiger partial charge in [0.25, 0.3) is 0 Å². The Morgan fingerprint density at radius 2 is 2.03 bits per heavy atom. The van der Waals surface area contributed by atoms with Gasteiger partial charge in [-0.25, -0.2) is 18.4 Å². The van der Waals surface area contributed by atoms with E-state index in [1.54, 1.807) is 25.3 Å². The molecule has 3 aromatic rings. The number of aliphatic hydroxyl groups excluding tert-OH is 1. The van der Waals surface area contributed by atoms with E-state index in [0.29, 0.717) is 28.3 Å². The second kappa shape index (κ2) is 10.5. The highest BCUT2D eigenvalue weighted by atomic mass is 32.2. The summed E-state index contributed by atoms with van der Waals surface area (Å²) < 4.78 is 36.0. The van der Waals surface area contributed by atoms with Crippen LogP contribution in [-0.4, -0.2) is 43.3 Å². The second-order valence-electron chi connectivity index (χ2n) is 7.71. The first-order valence-corrected chi connectivity index (χ1v) is 11.4. The molecule has 33 heavy (non-hydrogen) atoms. The summed E-state index contributed by atoms with van der Waals surface area (Å²) in [5.74, 6) is -0.227. The lowest BCUT2D eigenvalue weighted by Gasteiger charge is -2.19. The normalized spacial score (nSPS) is 12.9. The lowest BCUT2D eigenvalue weighted by molar-refractivity contribution is 0.168. The topological polar surface area (TPSA) is 118 Å². The van der Waals surface area contributed by atoms with Crippen LogP contribution in [0.3, 0.4) is 0 Å². The molecule has 0 fully saturated rings. The van der Waals surface area contributed by atoms with E-state index in [0.717, 1.165) is 0 Å². The molecule has 1 aromatic carbocycles. The smallest absolute Gasteiger partial charge is 0.331 e. The number of aliphatic hydroxyl groups is 1. The van der Waals surface area contributed by atoms with Crippen molar-refractivity contribution in [3.8, 4) is 17.0 Å². The van der Waals surface area contributed by atoms with Crippen molar-refractivity contribution in [2.75, 3.05) is 12.4 Å². The van der Waals surface area contributed by atoms with Gasteiger partial charge in [0.2, 0.25) is 5.88 Å². The average molecular weight is 476 g/mol. The van der Waals surface area contributed by atoms with Crippen LogP contribution in [0.15, 0.2) is 47.8 Å². The van der Waals surface area contributed by atoms with E-state index >= 15 is 0 Å². The second-order valence-corrected chi connectivity index (χ2v) is 8.87. The first-order chi connectivity index (χ1) is 15.7. The number of ether oxygens (including phenoxy) is 1. The fraction of sp³-hybridized carbons (Fsp3) is 0.318. The number of carbonyl (C=O) groups is 1. The Hall–Kier alpha value is -3.31. The highest BCUT2D eigenvalue weighted by Gasteiger charge is 2.20. The summed E-state index contributed by atoms with van der Waals surface area (Å²) in [7, 11) is -0.465. The Morgan fingerprint density at radius 3 is 2.70 bits per heavy atom. The first-order valence-electron chi connectivity index (χ1n) is 10.2. The monoisotopic (exact) mass is 475 g/mol. The molecule has 2 aromatic heterocycles. The van der Waals surface area contributed by atoms with Gasteiger partial charge in [0.05, 0.1) is 25.4 Å². The molecule has 176 valence electrons. The van der Waals surface area contributed by atoms with E-state index in [9.17, 15) is 18.5 Å². The predicted octanol–water partition coefficient (Wildman–Crippen LogP) is 3.44. The zero-order valence-electron chi connectivity index (χ0n) is 18.7. The largest absolute Gasteiger partial charge is 0.481 e.